The second-order valence-electron chi connectivity index (χ2n) is 8.04. The third kappa shape index (κ3) is 5.49. The van der Waals surface area contributed by atoms with Crippen LogP contribution in [0, 0.1) is 0 Å². The highest BCUT2D eigenvalue weighted by atomic mass is 32.2. The lowest BCUT2D eigenvalue weighted by Crippen LogP contribution is -2.49. The van der Waals surface area contributed by atoms with Gasteiger partial charge < -0.3 is 14.4 Å². The zero-order chi connectivity index (χ0) is 26.3. The molecule has 13 heteroatoms. The number of hydrogen-bond donors (Lipinski definition) is 0. The fraction of sp³-hybridized carbons (Fsp3) is 0.409. The number of carbonyl (C=O) groups is 1. The van der Waals surface area contributed by atoms with Crippen molar-refractivity contribution in [2.75, 3.05) is 26.5 Å². The van der Waals surface area contributed by atoms with E-state index in [0.29, 0.717) is 6.92 Å². The summed E-state index contributed by atoms with van der Waals surface area (Å²) in [5, 5.41) is 0. The minimum Gasteiger partial charge on any atom is -0.494 e. The smallest absolute Gasteiger partial charge is 0.425 e. The molecule has 1 fully saturated rings. The number of rotatable bonds is 6. The Morgan fingerprint density at radius 1 is 1.06 bits per heavy atom. The monoisotopic (exact) mass is 525 g/mol. The molecule has 0 aromatic heterocycles. The molecule has 0 unspecified atom stereocenters. The molecule has 1 amide bonds. The van der Waals surface area contributed by atoms with Crippen LogP contribution >= 0.6 is 0 Å². The fourth-order valence-corrected chi connectivity index (χ4v) is 4.55. The summed E-state index contributed by atoms with van der Waals surface area (Å²) in [7, 11) is -2.93. The minimum absolute atomic E-state index is 0.0249. The first-order valence-electron chi connectivity index (χ1n) is 10.2. The zero-order valence-corrected chi connectivity index (χ0v) is 19.5. The first-order chi connectivity index (χ1) is 16.1. The Bertz CT molecular complexity index is 1220. The van der Waals surface area contributed by atoms with Crippen molar-refractivity contribution >= 4 is 15.7 Å². The molecule has 6 nitrogen and oxygen atoms in total. The average Bonchev–Trinajstić information content (AvgIpc) is 2.70. The van der Waals surface area contributed by atoms with Crippen molar-refractivity contribution in [2.45, 2.75) is 36.2 Å². The van der Waals surface area contributed by atoms with Gasteiger partial charge >= 0.3 is 12.4 Å². The number of amides is 1. The summed E-state index contributed by atoms with van der Waals surface area (Å²) in [6.07, 6.45) is -10.9. The predicted molar refractivity (Wildman–Crippen MR) is 112 cm³/mol. The van der Waals surface area contributed by atoms with Gasteiger partial charge in [0.2, 0.25) is 0 Å². The zero-order valence-electron chi connectivity index (χ0n) is 18.7. The third-order valence-corrected chi connectivity index (χ3v) is 6.66. The van der Waals surface area contributed by atoms with Crippen molar-refractivity contribution in [3.63, 3.8) is 0 Å². The lowest BCUT2D eigenvalue weighted by Gasteiger charge is -2.41. The maximum absolute atomic E-state index is 13.4. The number of nitrogens with zero attached hydrogens (tertiary/aromatic N) is 1. The highest BCUT2D eigenvalue weighted by Gasteiger charge is 2.43. The molecule has 1 aliphatic rings. The molecule has 1 atom stereocenters. The van der Waals surface area contributed by atoms with Crippen LogP contribution in [0.3, 0.4) is 0 Å². The Kier molecular flexibility index (Phi) is 7.04. The van der Waals surface area contributed by atoms with Gasteiger partial charge in [-0.2, -0.15) is 26.3 Å². The van der Waals surface area contributed by atoms with Crippen LogP contribution in [-0.4, -0.2) is 58.0 Å². The standard InChI is InChI=1S/C22H21F6NO5S/c1-12(21(23,24)25)34-16-8-9-17(35(3,31)32)19(33-2)18(16)20(30)29-10-13(11-29)14-6-4-5-7-15(14)22(26,27)28/h4-9,12-13H,10-11H2,1-3H3/t12-/m0/s1. The molecule has 1 aliphatic heterocycles. The minimum atomic E-state index is -4.79. The van der Waals surface area contributed by atoms with E-state index in [0.717, 1.165) is 36.5 Å². The summed E-state index contributed by atoms with van der Waals surface area (Å²) in [5.41, 5.74) is -1.44. The van der Waals surface area contributed by atoms with Crippen molar-refractivity contribution < 1.29 is 49.0 Å². The van der Waals surface area contributed by atoms with E-state index in [9.17, 15) is 39.6 Å². The van der Waals surface area contributed by atoms with Gasteiger partial charge in [0, 0.05) is 25.3 Å². The van der Waals surface area contributed by atoms with Gasteiger partial charge in [-0.3, -0.25) is 4.79 Å². The number of ether oxygens (including phenoxy) is 2. The molecule has 35 heavy (non-hydrogen) atoms. The van der Waals surface area contributed by atoms with Crippen LogP contribution in [0.5, 0.6) is 11.5 Å². The van der Waals surface area contributed by atoms with E-state index in [1.807, 2.05) is 0 Å². The van der Waals surface area contributed by atoms with Crippen LogP contribution in [0.25, 0.3) is 0 Å². The summed E-state index contributed by atoms with van der Waals surface area (Å²) in [5.74, 6) is -2.69. The van der Waals surface area contributed by atoms with E-state index >= 15 is 0 Å². The van der Waals surface area contributed by atoms with Gasteiger partial charge in [-0.1, -0.05) is 18.2 Å². The molecule has 0 saturated carbocycles. The van der Waals surface area contributed by atoms with Crippen molar-refractivity contribution in [3.05, 3.63) is 53.1 Å². The Hall–Kier alpha value is -2.96. The number of methoxy groups -OCH3 is 1. The van der Waals surface area contributed by atoms with Crippen LogP contribution in [0.2, 0.25) is 0 Å². The number of carbonyl (C=O) groups excluding carboxylic acids is 1. The molecule has 1 saturated heterocycles. The van der Waals surface area contributed by atoms with E-state index in [-0.39, 0.29) is 18.7 Å². The first kappa shape index (κ1) is 26.6. The third-order valence-electron chi connectivity index (χ3n) is 5.54. The van der Waals surface area contributed by atoms with E-state index in [4.69, 9.17) is 9.47 Å². The lowest BCUT2D eigenvalue weighted by atomic mass is 9.87. The van der Waals surface area contributed by atoms with Gasteiger partial charge in [0.25, 0.3) is 5.91 Å². The lowest BCUT2D eigenvalue weighted by molar-refractivity contribution is -0.189. The molecule has 1 heterocycles. The maximum atomic E-state index is 13.4. The molecule has 0 N–H and O–H groups in total. The number of alkyl halides is 6. The Labute approximate surface area is 197 Å². The Balaban J connectivity index is 1.99. The maximum Gasteiger partial charge on any atom is 0.425 e. The number of likely N-dealkylation sites (tertiary alicyclic amines) is 1. The van der Waals surface area contributed by atoms with Crippen LogP contribution in [0.15, 0.2) is 41.3 Å². The molecule has 3 rings (SSSR count). The molecular weight excluding hydrogens is 504 g/mol. The van der Waals surface area contributed by atoms with Crippen LogP contribution in [-0.2, 0) is 16.0 Å². The molecule has 0 spiro atoms. The second-order valence-corrected chi connectivity index (χ2v) is 10.0. The van der Waals surface area contributed by atoms with Gasteiger partial charge in [0.15, 0.2) is 21.7 Å². The van der Waals surface area contributed by atoms with Gasteiger partial charge in [-0.05, 0) is 30.7 Å². The molecule has 0 aliphatic carbocycles. The molecule has 192 valence electrons. The summed E-state index contributed by atoms with van der Waals surface area (Å²) in [4.78, 5) is 13.9. The summed E-state index contributed by atoms with van der Waals surface area (Å²) in [6.45, 7) is 0.359. The van der Waals surface area contributed by atoms with Crippen LogP contribution < -0.4 is 9.47 Å². The van der Waals surface area contributed by atoms with Gasteiger partial charge in [-0.15, -0.1) is 0 Å². The predicted octanol–water partition coefficient (Wildman–Crippen LogP) is 4.69. The number of benzene rings is 2. The first-order valence-corrected chi connectivity index (χ1v) is 12.0. The Morgan fingerprint density at radius 3 is 2.17 bits per heavy atom. The summed E-state index contributed by atoms with van der Waals surface area (Å²) in [6, 6.07) is 6.76. The van der Waals surface area contributed by atoms with Crippen LogP contribution in [0.1, 0.15) is 34.3 Å². The average molecular weight is 525 g/mol. The number of hydrogen-bond acceptors (Lipinski definition) is 5. The Morgan fingerprint density at radius 2 is 1.66 bits per heavy atom. The second kappa shape index (κ2) is 9.25. The van der Waals surface area contributed by atoms with Crippen molar-refractivity contribution in [2.24, 2.45) is 0 Å². The van der Waals surface area contributed by atoms with E-state index in [1.165, 1.54) is 18.2 Å². The molecular formula is C22H21F6NO5S. The van der Waals surface area contributed by atoms with E-state index < -0.39 is 67.6 Å². The molecule has 0 radical (unpaired) electrons. The quantitative estimate of drug-likeness (QED) is 0.512. The van der Waals surface area contributed by atoms with E-state index in [1.54, 1.807) is 0 Å². The van der Waals surface area contributed by atoms with Crippen molar-refractivity contribution in [1.82, 2.24) is 4.90 Å². The highest BCUT2D eigenvalue weighted by Crippen LogP contribution is 2.42. The largest absolute Gasteiger partial charge is 0.494 e. The normalized spacial score (nSPS) is 16.0. The topological polar surface area (TPSA) is 72.9 Å². The van der Waals surface area contributed by atoms with Gasteiger partial charge in [0.05, 0.1) is 12.7 Å². The van der Waals surface area contributed by atoms with Crippen molar-refractivity contribution in [1.29, 1.82) is 0 Å². The number of halogens is 6. The molecule has 2 aromatic carbocycles. The highest BCUT2D eigenvalue weighted by molar-refractivity contribution is 7.90. The SMILES string of the molecule is COc1c(S(C)(=O)=O)ccc(O[C@@H](C)C(F)(F)F)c1C(=O)N1CC(c2ccccc2C(F)(F)F)C1. The molecule has 2 aromatic rings. The van der Waals surface area contributed by atoms with Crippen molar-refractivity contribution in [3.8, 4) is 11.5 Å². The fourth-order valence-electron chi connectivity index (χ4n) is 3.71. The summed E-state index contributed by atoms with van der Waals surface area (Å²) < 4.78 is 114. The van der Waals surface area contributed by atoms with Crippen LogP contribution in [0.4, 0.5) is 26.3 Å². The molecule has 0 bridgehead atoms. The number of sulfone groups is 1. The summed E-state index contributed by atoms with van der Waals surface area (Å²) >= 11 is 0. The van der Waals surface area contributed by atoms with Gasteiger partial charge in [-0.25, -0.2) is 8.42 Å². The van der Waals surface area contributed by atoms with Gasteiger partial charge in [0.1, 0.15) is 16.2 Å². The van der Waals surface area contributed by atoms with E-state index in [2.05, 4.69) is 0 Å².